The largest absolute Gasteiger partial charge is 0.120 e. The highest BCUT2D eigenvalue weighted by Gasteiger charge is 1.94. The van der Waals surface area contributed by atoms with E-state index >= 15 is 0 Å². The molecule has 150 valence electrons. The van der Waals surface area contributed by atoms with Gasteiger partial charge >= 0.3 is 0 Å². The van der Waals surface area contributed by atoms with E-state index in [0.29, 0.717) is 5.92 Å². The molecular weight excluding hydrogens is 288 g/mol. The van der Waals surface area contributed by atoms with Crippen LogP contribution >= 0.6 is 0 Å². The minimum Gasteiger partial charge on any atom is -0.120 e. The van der Waals surface area contributed by atoms with Crippen molar-refractivity contribution < 1.29 is 0 Å². The first-order valence-electron chi connectivity index (χ1n) is 10.0. The summed E-state index contributed by atoms with van der Waals surface area (Å²) in [5.41, 5.74) is 1.29. The Balaban J connectivity index is -0.0000000303. The van der Waals surface area contributed by atoms with Crippen LogP contribution in [0.4, 0.5) is 0 Å². The van der Waals surface area contributed by atoms with Gasteiger partial charge in [-0.15, -0.1) is 18.9 Å². The average Bonchev–Trinajstić information content (AvgIpc) is 2.62. The predicted octanol–water partition coefficient (Wildman–Crippen LogP) is 9.72. The number of terminal acetylenes is 1. The normalized spacial score (nSPS) is 7.33. The number of hydrogen-bond acceptors (Lipinski definition) is 0. The Bertz CT molecular complexity index is 179. The Kier molecular flexibility index (Phi) is 145. The van der Waals surface area contributed by atoms with Crippen LogP contribution in [0.25, 0.3) is 0 Å². The molecule has 0 heterocycles. The maximum absolute atomic E-state index is 4.60. The number of hydrogen-bond donors (Lipinski definition) is 0. The molecule has 0 amide bonds. The molecule has 0 rings (SSSR count). The van der Waals surface area contributed by atoms with E-state index in [-0.39, 0.29) is 0 Å². The minimum atomic E-state index is 0.708. The molecule has 0 aliphatic carbocycles. The van der Waals surface area contributed by atoms with Crippen molar-refractivity contribution in [1.29, 1.82) is 0 Å². The molecule has 1 unspecified atom stereocenters. The van der Waals surface area contributed by atoms with E-state index in [1.165, 1.54) is 31.3 Å². The molecule has 0 aromatic carbocycles. The van der Waals surface area contributed by atoms with Gasteiger partial charge in [-0.05, 0) is 33.1 Å². The van der Waals surface area contributed by atoms with Crippen molar-refractivity contribution in [2.75, 3.05) is 0 Å². The van der Waals surface area contributed by atoms with Gasteiger partial charge in [0.1, 0.15) is 0 Å². The summed E-state index contributed by atoms with van der Waals surface area (Å²) in [7, 11) is 0. The van der Waals surface area contributed by atoms with Crippen molar-refractivity contribution in [2.24, 2.45) is 5.92 Å². The topological polar surface area (TPSA) is 0 Å². The molecule has 0 fully saturated rings. The summed E-state index contributed by atoms with van der Waals surface area (Å²) in [6.45, 7) is 33.6. The molecule has 0 radical (unpaired) electrons. The fraction of sp³-hybridized carbons (Fsp3) is 0.750. The molecule has 0 aromatic rings. The lowest BCUT2D eigenvalue weighted by Gasteiger charge is -2.04. The Hall–Kier alpha value is -0.960. The monoisotopic (exact) mass is 342 g/mol. The van der Waals surface area contributed by atoms with Gasteiger partial charge in [0.25, 0.3) is 0 Å². The van der Waals surface area contributed by atoms with E-state index in [2.05, 4.69) is 60.1 Å². The summed E-state index contributed by atoms with van der Waals surface area (Å²) in [4.78, 5) is 0. The lowest BCUT2D eigenvalue weighted by molar-refractivity contribution is 0.658. The second-order valence-corrected chi connectivity index (χ2v) is 4.21. The van der Waals surface area contributed by atoms with Crippen molar-refractivity contribution >= 4 is 0 Å². The molecular formula is C24H54. The summed E-state index contributed by atoms with van der Waals surface area (Å²) in [5.74, 6) is 2.96. The molecule has 0 aromatic heterocycles. The van der Waals surface area contributed by atoms with Crippen LogP contribution in [0.1, 0.15) is 116 Å². The van der Waals surface area contributed by atoms with Gasteiger partial charge in [0.15, 0.2) is 0 Å². The first-order chi connectivity index (χ1) is 11.4. The third kappa shape index (κ3) is 170. The van der Waals surface area contributed by atoms with Crippen LogP contribution in [0.5, 0.6) is 0 Å². The zero-order valence-electron chi connectivity index (χ0n) is 20.0. The lowest BCUT2D eigenvalue weighted by Crippen LogP contribution is -1.89. The highest BCUT2D eigenvalue weighted by molar-refractivity contribution is 4.92. The first-order valence-corrected chi connectivity index (χ1v) is 10.0. The van der Waals surface area contributed by atoms with Crippen molar-refractivity contribution in [1.82, 2.24) is 0 Å². The summed E-state index contributed by atoms with van der Waals surface area (Å²) in [6, 6.07) is 0. The van der Waals surface area contributed by atoms with Gasteiger partial charge in [-0.1, -0.05) is 107 Å². The van der Waals surface area contributed by atoms with Crippen LogP contribution in [0.2, 0.25) is 0 Å². The molecule has 0 aliphatic rings. The van der Waals surface area contributed by atoms with E-state index < -0.39 is 0 Å². The van der Waals surface area contributed by atoms with Gasteiger partial charge in [-0.2, -0.15) is 0 Å². The van der Waals surface area contributed by atoms with Crippen LogP contribution in [0.15, 0.2) is 24.8 Å². The summed E-state index contributed by atoms with van der Waals surface area (Å²) in [6.07, 6.45) is 11.6. The second kappa shape index (κ2) is 80.1. The molecule has 0 saturated heterocycles. The molecule has 0 nitrogen and oxygen atoms in total. The van der Waals surface area contributed by atoms with Crippen molar-refractivity contribution in [2.45, 2.75) is 116 Å². The molecule has 0 bridgehead atoms. The second-order valence-electron chi connectivity index (χ2n) is 4.21. The Labute approximate surface area is 159 Å². The summed E-state index contributed by atoms with van der Waals surface area (Å²) < 4.78 is 0. The minimum absolute atomic E-state index is 0.708. The number of unbranched alkanes of at least 4 members (excludes halogenated alkanes) is 2. The SMILES string of the molecule is C#CC.C=C(C)C(C)CC.C=CC.CC.CC.CC.CCCCC. The van der Waals surface area contributed by atoms with Crippen molar-refractivity contribution in [3.63, 3.8) is 0 Å². The maximum atomic E-state index is 4.60. The zero-order chi connectivity index (χ0) is 21.4. The predicted molar refractivity (Wildman–Crippen MR) is 124 cm³/mol. The van der Waals surface area contributed by atoms with Crippen LogP contribution in [-0.4, -0.2) is 0 Å². The fourth-order valence-corrected chi connectivity index (χ4v) is 0.702. The molecule has 0 spiro atoms. The van der Waals surface area contributed by atoms with Gasteiger partial charge in [0.2, 0.25) is 0 Å². The maximum Gasteiger partial charge on any atom is -0.00297 e. The van der Waals surface area contributed by atoms with Crippen LogP contribution in [0.3, 0.4) is 0 Å². The Morgan fingerprint density at radius 3 is 1.21 bits per heavy atom. The molecule has 0 heteroatoms. The average molecular weight is 343 g/mol. The smallest absolute Gasteiger partial charge is 0.00297 e. The van der Waals surface area contributed by atoms with E-state index in [4.69, 9.17) is 0 Å². The van der Waals surface area contributed by atoms with Gasteiger partial charge in [-0.25, -0.2) is 0 Å². The quantitative estimate of drug-likeness (QED) is 0.352. The van der Waals surface area contributed by atoms with E-state index in [1.807, 2.05) is 48.5 Å². The summed E-state index contributed by atoms with van der Waals surface area (Å²) in [5, 5.41) is 0. The molecule has 24 heavy (non-hydrogen) atoms. The van der Waals surface area contributed by atoms with Crippen LogP contribution < -0.4 is 0 Å². The van der Waals surface area contributed by atoms with E-state index in [0.717, 1.165) is 0 Å². The lowest BCUT2D eigenvalue weighted by atomic mass is 10.0. The standard InChI is InChI=1S/C7H14.C5H12.C3H6.C3H4.3C2H6/c1-5-7(4)6(2)3;1-3-5-4-2;2*1-3-2;3*1-2/h7H,2,5H2,1,3-4H3;3-5H2,1-2H3;3H,1H2,2H3;1H,2H3;3*1-2H3. The number of allylic oxidation sites excluding steroid dienone is 2. The molecule has 0 N–H and O–H groups in total. The van der Waals surface area contributed by atoms with E-state index in [1.54, 1.807) is 13.0 Å². The van der Waals surface area contributed by atoms with Crippen LogP contribution in [-0.2, 0) is 0 Å². The summed E-state index contributed by atoms with van der Waals surface area (Å²) >= 11 is 0. The highest BCUT2D eigenvalue weighted by atomic mass is 14.0. The zero-order valence-corrected chi connectivity index (χ0v) is 20.0. The molecule has 0 aliphatic heterocycles. The van der Waals surface area contributed by atoms with Gasteiger partial charge in [0.05, 0.1) is 0 Å². The van der Waals surface area contributed by atoms with Crippen molar-refractivity contribution in [3.8, 4) is 12.3 Å². The van der Waals surface area contributed by atoms with E-state index in [9.17, 15) is 0 Å². The van der Waals surface area contributed by atoms with Crippen LogP contribution in [0, 0.1) is 18.3 Å². The van der Waals surface area contributed by atoms with Gasteiger partial charge < -0.3 is 0 Å². The first kappa shape index (κ1) is 43.5. The third-order valence-electron chi connectivity index (χ3n) is 2.16. The Morgan fingerprint density at radius 1 is 1.00 bits per heavy atom. The third-order valence-corrected chi connectivity index (χ3v) is 2.16. The molecule has 1 atom stereocenters. The highest BCUT2D eigenvalue weighted by Crippen LogP contribution is 2.09. The molecule has 0 saturated carbocycles. The Morgan fingerprint density at radius 2 is 1.21 bits per heavy atom. The van der Waals surface area contributed by atoms with Crippen molar-refractivity contribution in [3.05, 3.63) is 24.8 Å². The van der Waals surface area contributed by atoms with Gasteiger partial charge in [-0.3, -0.25) is 0 Å². The fourth-order valence-electron chi connectivity index (χ4n) is 0.702. The number of rotatable bonds is 4. The van der Waals surface area contributed by atoms with Gasteiger partial charge in [0, 0.05) is 0 Å².